The molecule has 0 fully saturated rings. The van der Waals surface area contributed by atoms with E-state index in [-0.39, 0.29) is 11.4 Å². The summed E-state index contributed by atoms with van der Waals surface area (Å²) in [5.74, 6) is 1.15. The van der Waals surface area contributed by atoms with Crippen LogP contribution in [-0.2, 0) is 4.79 Å². The molecule has 0 unspecified atom stereocenters. The van der Waals surface area contributed by atoms with Crippen LogP contribution in [0.3, 0.4) is 0 Å². The molecule has 0 spiro atoms. The molecular formula is C16H22ClNO2. The molecule has 0 bridgehead atoms. The van der Waals surface area contributed by atoms with Gasteiger partial charge in [-0.3, -0.25) is 4.79 Å². The Bertz CT molecular complexity index is 525. The molecule has 0 aliphatic carbocycles. The molecule has 2 atom stereocenters. The van der Waals surface area contributed by atoms with Gasteiger partial charge >= 0.3 is 0 Å². The van der Waals surface area contributed by atoms with Gasteiger partial charge in [0.15, 0.2) is 0 Å². The molecule has 0 radical (unpaired) electrons. The number of nitrogens with zero attached hydrogens (tertiary/aromatic N) is 1. The third-order valence-electron chi connectivity index (χ3n) is 3.98. The molecule has 1 heterocycles. The van der Waals surface area contributed by atoms with Gasteiger partial charge in [0.2, 0.25) is 5.91 Å². The number of hydrogen-bond acceptors (Lipinski definition) is 2. The van der Waals surface area contributed by atoms with Crippen LogP contribution in [0.25, 0.3) is 0 Å². The summed E-state index contributed by atoms with van der Waals surface area (Å²) >= 11 is 6.03. The van der Waals surface area contributed by atoms with Gasteiger partial charge in [0.25, 0.3) is 0 Å². The Morgan fingerprint density at radius 2 is 2.15 bits per heavy atom. The molecule has 1 aliphatic rings. The fourth-order valence-electron chi connectivity index (χ4n) is 3.13. The Hall–Kier alpha value is -1.22. The van der Waals surface area contributed by atoms with Crippen LogP contribution in [0.15, 0.2) is 18.2 Å². The number of amides is 1. The molecule has 1 aliphatic heterocycles. The number of rotatable bonds is 2. The van der Waals surface area contributed by atoms with Gasteiger partial charge in [-0.1, -0.05) is 6.92 Å². The minimum Gasteiger partial charge on any atom is -0.497 e. The predicted molar refractivity (Wildman–Crippen MR) is 82.9 cm³/mol. The van der Waals surface area contributed by atoms with Crippen molar-refractivity contribution in [3.63, 3.8) is 0 Å². The summed E-state index contributed by atoms with van der Waals surface area (Å²) in [5, 5.41) is -0.530. The van der Waals surface area contributed by atoms with Crippen LogP contribution in [0, 0.1) is 0 Å². The van der Waals surface area contributed by atoms with Crippen molar-refractivity contribution in [1.82, 2.24) is 0 Å². The fourth-order valence-corrected chi connectivity index (χ4v) is 3.23. The zero-order valence-corrected chi connectivity index (χ0v) is 13.5. The average molecular weight is 296 g/mol. The molecule has 0 saturated heterocycles. The average Bonchev–Trinajstić information content (AvgIpc) is 2.37. The van der Waals surface area contributed by atoms with E-state index in [0.29, 0.717) is 5.92 Å². The van der Waals surface area contributed by atoms with E-state index in [2.05, 4.69) is 20.8 Å². The van der Waals surface area contributed by atoms with E-state index >= 15 is 0 Å². The van der Waals surface area contributed by atoms with Gasteiger partial charge in [0, 0.05) is 11.2 Å². The molecule has 2 rings (SSSR count). The van der Waals surface area contributed by atoms with Crippen molar-refractivity contribution in [2.75, 3.05) is 12.0 Å². The first-order valence-electron chi connectivity index (χ1n) is 6.94. The minimum atomic E-state index is -0.530. The summed E-state index contributed by atoms with van der Waals surface area (Å²) < 4.78 is 5.29. The zero-order chi connectivity index (χ0) is 15.1. The maximum atomic E-state index is 12.5. The quantitative estimate of drug-likeness (QED) is 0.773. The summed E-state index contributed by atoms with van der Waals surface area (Å²) in [4.78, 5) is 14.3. The Balaban J connectivity index is 2.57. The number of alkyl halides is 1. The molecule has 110 valence electrons. The molecule has 0 N–H and O–H groups in total. The Labute approximate surface area is 125 Å². The molecule has 0 aromatic heterocycles. The third-order valence-corrected chi connectivity index (χ3v) is 4.16. The van der Waals surface area contributed by atoms with Crippen LogP contribution in [0.4, 0.5) is 5.69 Å². The SMILES string of the molecule is COc1ccc2c(c1)[C@H](C)CC(C)(C)N2C(=O)[C@H](C)Cl. The molecule has 4 heteroatoms. The molecule has 1 aromatic rings. The van der Waals surface area contributed by atoms with Crippen molar-refractivity contribution in [1.29, 1.82) is 0 Å². The first-order chi connectivity index (χ1) is 9.27. The van der Waals surface area contributed by atoms with E-state index in [4.69, 9.17) is 16.3 Å². The number of benzene rings is 1. The molecule has 20 heavy (non-hydrogen) atoms. The summed E-state index contributed by atoms with van der Waals surface area (Å²) in [7, 11) is 1.66. The second-order valence-corrected chi connectivity index (χ2v) is 6.79. The maximum absolute atomic E-state index is 12.5. The number of anilines is 1. The fraction of sp³-hybridized carbons (Fsp3) is 0.562. The Morgan fingerprint density at radius 3 is 2.70 bits per heavy atom. The maximum Gasteiger partial charge on any atom is 0.245 e. The largest absolute Gasteiger partial charge is 0.497 e. The molecule has 1 amide bonds. The van der Waals surface area contributed by atoms with Crippen LogP contribution < -0.4 is 9.64 Å². The number of carbonyl (C=O) groups is 1. The van der Waals surface area contributed by atoms with Crippen LogP contribution in [0.2, 0.25) is 0 Å². The number of carbonyl (C=O) groups excluding carboxylic acids is 1. The zero-order valence-electron chi connectivity index (χ0n) is 12.7. The lowest BCUT2D eigenvalue weighted by atomic mass is 9.80. The van der Waals surface area contributed by atoms with E-state index in [0.717, 1.165) is 23.4 Å². The molecule has 3 nitrogen and oxygen atoms in total. The first kappa shape index (κ1) is 15.2. The van der Waals surface area contributed by atoms with Crippen LogP contribution >= 0.6 is 11.6 Å². The van der Waals surface area contributed by atoms with Gasteiger partial charge < -0.3 is 9.64 Å². The predicted octanol–water partition coefficient (Wildman–Crippen LogP) is 3.94. The lowest BCUT2D eigenvalue weighted by Crippen LogP contribution is -2.53. The highest BCUT2D eigenvalue weighted by Crippen LogP contribution is 2.45. The van der Waals surface area contributed by atoms with Crippen molar-refractivity contribution < 1.29 is 9.53 Å². The van der Waals surface area contributed by atoms with E-state index in [1.165, 1.54) is 0 Å². The van der Waals surface area contributed by atoms with Crippen LogP contribution in [0.1, 0.15) is 45.6 Å². The summed E-state index contributed by atoms with van der Waals surface area (Å²) in [6, 6.07) is 5.88. The van der Waals surface area contributed by atoms with Crippen molar-refractivity contribution in [2.24, 2.45) is 0 Å². The lowest BCUT2D eigenvalue weighted by Gasteiger charge is -2.46. The van der Waals surface area contributed by atoms with Crippen molar-refractivity contribution in [3.8, 4) is 5.75 Å². The van der Waals surface area contributed by atoms with Gasteiger partial charge in [-0.2, -0.15) is 0 Å². The van der Waals surface area contributed by atoms with Crippen molar-refractivity contribution >= 4 is 23.2 Å². The number of hydrogen-bond donors (Lipinski definition) is 0. The molecular weight excluding hydrogens is 274 g/mol. The Kier molecular flexibility index (Phi) is 4.01. The first-order valence-corrected chi connectivity index (χ1v) is 7.37. The van der Waals surface area contributed by atoms with Crippen LogP contribution in [-0.4, -0.2) is 23.9 Å². The Morgan fingerprint density at radius 1 is 1.50 bits per heavy atom. The number of halogens is 1. The van der Waals surface area contributed by atoms with Gasteiger partial charge in [-0.15, -0.1) is 11.6 Å². The van der Waals surface area contributed by atoms with Gasteiger partial charge in [0.05, 0.1) is 7.11 Å². The summed E-state index contributed by atoms with van der Waals surface area (Å²) in [6.45, 7) is 8.09. The van der Waals surface area contributed by atoms with Gasteiger partial charge in [-0.05, 0) is 56.9 Å². The van der Waals surface area contributed by atoms with Gasteiger partial charge in [-0.25, -0.2) is 0 Å². The number of methoxy groups -OCH3 is 1. The highest BCUT2D eigenvalue weighted by atomic mass is 35.5. The summed E-state index contributed by atoms with van der Waals surface area (Å²) in [6.07, 6.45) is 0.905. The number of fused-ring (bicyclic) bond motifs is 1. The summed E-state index contributed by atoms with van der Waals surface area (Å²) in [5.41, 5.74) is 1.86. The van der Waals surface area contributed by atoms with E-state index < -0.39 is 5.38 Å². The standard InChI is InChI=1S/C16H22ClNO2/c1-10-9-16(3,4)18(15(19)11(2)17)14-7-6-12(20-5)8-13(10)14/h6-8,10-11H,9H2,1-5H3/t10-,11+/m1/s1. The van der Waals surface area contributed by atoms with Crippen LogP contribution in [0.5, 0.6) is 5.75 Å². The molecule has 1 aromatic carbocycles. The van der Waals surface area contributed by atoms with E-state index in [9.17, 15) is 4.79 Å². The highest BCUT2D eigenvalue weighted by Gasteiger charge is 2.41. The minimum absolute atomic E-state index is 0.0463. The third kappa shape index (κ3) is 2.51. The second-order valence-electron chi connectivity index (χ2n) is 6.13. The normalized spacial score (nSPS) is 22.1. The second kappa shape index (κ2) is 5.28. The number of ether oxygens (including phenoxy) is 1. The van der Waals surface area contributed by atoms with Crippen molar-refractivity contribution in [2.45, 2.75) is 50.9 Å². The lowest BCUT2D eigenvalue weighted by molar-refractivity contribution is -0.119. The van der Waals surface area contributed by atoms with Gasteiger partial charge in [0.1, 0.15) is 11.1 Å². The van der Waals surface area contributed by atoms with Crippen molar-refractivity contribution in [3.05, 3.63) is 23.8 Å². The monoisotopic (exact) mass is 295 g/mol. The smallest absolute Gasteiger partial charge is 0.245 e. The van der Waals surface area contributed by atoms with E-state index in [1.54, 1.807) is 14.0 Å². The topological polar surface area (TPSA) is 29.5 Å². The van der Waals surface area contributed by atoms with E-state index in [1.807, 2.05) is 23.1 Å². The highest BCUT2D eigenvalue weighted by molar-refractivity contribution is 6.32. The molecule has 0 saturated carbocycles.